The molecule has 6 aromatic carbocycles. The van der Waals surface area contributed by atoms with Gasteiger partial charge in [0.1, 0.15) is 39.8 Å². The molecular formula is C43H28N2O10. The number of esters is 2. The molecule has 0 fully saturated rings. The van der Waals surface area contributed by atoms with Crippen molar-refractivity contribution in [1.82, 2.24) is 9.97 Å². The molecule has 0 bridgehead atoms. The summed E-state index contributed by atoms with van der Waals surface area (Å²) in [5.41, 5.74) is 4.58. The highest BCUT2D eigenvalue weighted by Gasteiger charge is 2.17. The fourth-order valence-corrected chi connectivity index (χ4v) is 5.58. The molecule has 12 nitrogen and oxygen atoms in total. The fourth-order valence-electron chi connectivity index (χ4n) is 5.58. The molecule has 270 valence electrons. The Balaban J connectivity index is 0.798. The van der Waals surface area contributed by atoms with Crippen molar-refractivity contribution in [2.45, 2.75) is 0 Å². The van der Waals surface area contributed by atoms with Crippen LogP contribution in [0.1, 0.15) is 15.9 Å². The topological polar surface area (TPSA) is 160 Å². The maximum absolute atomic E-state index is 13.1. The minimum absolute atomic E-state index is 0.0182. The zero-order valence-corrected chi connectivity index (χ0v) is 28.7. The molecule has 0 radical (unpaired) electrons. The normalized spacial score (nSPS) is 11.0. The van der Waals surface area contributed by atoms with E-state index in [1.54, 1.807) is 48.5 Å². The lowest BCUT2D eigenvalue weighted by Gasteiger charge is -2.10. The number of ether oxygens (including phenoxy) is 4. The summed E-state index contributed by atoms with van der Waals surface area (Å²) in [7, 11) is 0. The van der Waals surface area contributed by atoms with Gasteiger partial charge in [0, 0.05) is 22.8 Å². The summed E-state index contributed by atoms with van der Waals surface area (Å²) in [6.07, 6.45) is 0. The summed E-state index contributed by atoms with van der Waals surface area (Å²) >= 11 is 0. The van der Waals surface area contributed by atoms with Crippen molar-refractivity contribution in [1.29, 1.82) is 0 Å². The number of phenolic OH excluding ortho intramolecular Hbond substituents is 1. The number of phenols is 1. The molecule has 55 heavy (non-hydrogen) atoms. The number of rotatable bonds is 12. The number of aromatic hydroxyl groups is 1. The molecule has 8 rings (SSSR count). The number of para-hydroxylation sites is 4. The van der Waals surface area contributed by atoms with Crippen LogP contribution in [0.5, 0.6) is 28.7 Å². The van der Waals surface area contributed by atoms with E-state index in [1.807, 2.05) is 48.5 Å². The largest absolute Gasteiger partial charge is 0.507 e. The zero-order chi connectivity index (χ0) is 37.7. The third-order valence-corrected chi connectivity index (χ3v) is 8.30. The van der Waals surface area contributed by atoms with Crippen LogP contribution in [-0.4, -0.2) is 46.0 Å². The van der Waals surface area contributed by atoms with Gasteiger partial charge in [-0.1, -0.05) is 24.3 Å². The number of benzene rings is 6. The van der Waals surface area contributed by atoms with Crippen molar-refractivity contribution < 1.29 is 47.3 Å². The molecule has 2 aromatic heterocycles. The number of nitrogens with zero attached hydrogens (tertiary/aromatic N) is 2. The SMILES string of the molecule is O=C(COc1ccc(-c2nc3ccccc3o2)cc1)Oc1ccc(C(=O)c2ccc(OC(=O)COc3ccc(-c4nc5ccccc5o4)cc3)cc2O)cc1. The maximum Gasteiger partial charge on any atom is 0.349 e. The molecule has 0 spiro atoms. The van der Waals surface area contributed by atoms with E-state index in [1.165, 1.54) is 42.5 Å². The molecule has 0 amide bonds. The molecule has 2 heterocycles. The molecular weight excluding hydrogens is 704 g/mol. The van der Waals surface area contributed by atoms with Gasteiger partial charge < -0.3 is 32.9 Å². The van der Waals surface area contributed by atoms with Crippen molar-refractivity contribution >= 4 is 39.9 Å². The third kappa shape index (κ3) is 7.88. The fraction of sp³-hybridized carbons (Fsp3) is 0.0465. The van der Waals surface area contributed by atoms with Crippen LogP contribution in [0.3, 0.4) is 0 Å². The predicted octanol–water partition coefficient (Wildman–Crippen LogP) is 8.21. The number of fused-ring (bicyclic) bond motifs is 2. The molecule has 0 aliphatic rings. The Kier molecular flexibility index (Phi) is 9.43. The van der Waals surface area contributed by atoms with Gasteiger partial charge in [-0.3, -0.25) is 4.79 Å². The number of carbonyl (C=O) groups is 3. The summed E-state index contributed by atoms with van der Waals surface area (Å²) < 4.78 is 33.3. The third-order valence-electron chi connectivity index (χ3n) is 8.30. The van der Waals surface area contributed by atoms with Crippen molar-refractivity contribution in [3.05, 3.63) is 151 Å². The highest BCUT2D eigenvalue weighted by Crippen LogP contribution is 2.29. The lowest BCUT2D eigenvalue weighted by atomic mass is 10.0. The van der Waals surface area contributed by atoms with Crippen LogP contribution in [0, 0.1) is 0 Å². The Hall–Kier alpha value is -7.73. The summed E-state index contributed by atoms with van der Waals surface area (Å²) in [5, 5.41) is 10.6. The number of ketones is 1. The van der Waals surface area contributed by atoms with Gasteiger partial charge in [-0.25, -0.2) is 19.6 Å². The molecule has 8 aromatic rings. The van der Waals surface area contributed by atoms with Gasteiger partial charge in [0.25, 0.3) is 0 Å². The van der Waals surface area contributed by atoms with E-state index in [2.05, 4.69) is 9.97 Å². The first-order chi connectivity index (χ1) is 26.8. The predicted molar refractivity (Wildman–Crippen MR) is 199 cm³/mol. The maximum atomic E-state index is 13.1. The van der Waals surface area contributed by atoms with Gasteiger partial charge in [0.15, 0.2) is 30.2 Å². The van der Waals surface area contributed by atoms with Crippen LogP contribution in [0.25, 0.3) is 45.1 Å². The smallest absolute Gasteiger partial charge is 0.349 e. The molecule has 0 aliphatic heterocycles. The van der Waals surface area contributed by atoms with E-state index in [0.29, 0.717) is 34.4 Å². The van der Waals surface area contributed by atoms with Gasteiger partial charge in [0.2, 0.25) is 11.8 Å². The molecule has 0 unspecified atom stereocenters. The number of oxazole rings is 2. The van der Waals surface area contributed by atoms with E-state index in [4.69, 9.17) is 27.8 Å². The molecule has 12 heteroatoms. The Morgan fingerprint density at radius 3 is 1.47 bits per heavy atom. The van der Waals surface area contributed by atoms with Crippen molar-refractivity contribution in [3.8, 4) is 51.7 Å². The van der Waals surface area contributed by atoms with E-state index in [0.717, 1.165) is 22.2 Å². The lowest BCUT2D eigenvalue weighted by Crippen LogP contribution is -2.18. The average molecular weight is 733 g/mol. The van der Waals surface area contributed by atoms with Gasteiger partial charge in [0.05, 0.1) is 5.56 Å². The van der Waals surface area contributed by atoms with E-state index in [-0.39, 0.29) is 35.0 Å². The average Bonchev–Trinajstić information content (AvgIpc) is 3.85. The summed E-state index contributed by atoms with van der Waals surface area (Å²) in [4.78, 5) is 47.0. The Bertz CT molecular complexity index is 2600. The number of aromatic nitrogens is 2. The zero-order valence-electron chi connectivity index (χ0n) is 28.7. The van der Waals surface area contributed by atoms with Gasteiger partial charge in [-0.15, -0.1) is 0 Å². The first-order valence-corrected chi connectivity index (χ1v) is 16.9. The standard InChI is InChI=1S/C43H28N2O10/c46-36-23-32(53-40(48)25-51-30-17-13-28(14-18-30)43-45-35-6-2-4-8-38(35)55-43)21-22-33(36)41(49)26-9-19-31(20-10-26)52-39(47)24-50-29-15-11-27(12-16-29)42-44-34-5-1-3-7-37(34)54-42/h1-23,46H,24-25H2. The highest BCUT2D eigenvalue weighted by atomic mass is 16.6. The highest BCUT2D eigenvalue weighted by molar-refractivity contribution is 6.10. The number of hydrogen-bond donors (Lipinski definition) is 1. The molecule has 0 saturated carbocycles. The van der Waals surface area contributed by atoms with E-state index < -0.39 is 24.3 Å². The Morgan fingerprint density at radius 2 is 0.982 bits per heavy atom. The van der Waals surface area contributed by atoms with Crippen molar-refractivity contribution in [3.63, 3.8) is 0 Å². The summed E-state index contributed by atoms with van der Waals surface area (Å²) in [6, 6.07) is 38.5. The summed E-state index contributed by atoms with van der Waals surface area (Å²) in [6.45, 7) is -0.753. The van der Waals surface area contributed by atoms with Crippen molar-refractivity contribution in [2.75, 3.05) is 13.2 Å². The minimum Gasteiger partial charge on any atom is -0.507 e. The van der Waals surface area contributed by atoms with Crippen LogP contribution < -0.4 is 18.9 Å². The van der Waals surface area contributed by atoms with Crippen LogP contribution in [0.2, 0.25) is 0 Å². The first-order valence-electron chi connectivity index (χ1n) is 16.9. The van der Waals surface area contributed by atoms with Crippen LogP contribution in [0.4, 0.5) is 0 Å². The Morgan fingerprint density at radius 1 is 0.527 bits per heavy atom. The van der Waals surface area contributed by atoms with Gasteiger partial charge in [-0.05, 0) is 109 Å². The summed E-state index contributed by atoms with van der Waals surface area (Å²) in [5.74, 6) is -0.212. The van der Waals surface area contributed by atoms with Crippen LogP contribution in [-0.2, 0) is 9.59 Å². The lowest BCUT2D eigenvalue weighted by molar-refractivity contribution is -0.137. The second-order valence-electron chi connectivity index (χ2n) is 12.1. The Labute approximate surface area is 312 Å². The second kappa shape index (κ2) is 15.1. The van der Waals surface area contributed by atoms with Crippen LogP contribution >= 0.6 is 0 Å². The molecule has 0 atom stereocenters. The van der Waals surface area contributed by atoms with Crippen LogP contribution in [0.15, 0.2) is 148 Å². The monoisotopic (exact) mass is 732 g/mol. The molecule has 0 saturated heterocycles. The van der Waals surface area contributed by atoms with Gasteiger partial charge >= 0.3 is 11.9 Å². The van der Waals surface area contributed by atoms with E-state index >= 15 is 0 Å². The minimum atomic E-state index is -0.716. The second-order valence-corrected chi connectivity index (χ2v) is 12.1. The molecule has 1 N–H and O–H groups in total. The first kappa shape index (κ1) is 34.4. The molecule has 0 aliphatic carbocycles. The number of hydrogen-bond acceptors (Lipinski definition) is 12. The van der Waals surface area contributed by atoms with E-state index in [9.17, 15) is 19.5 Å². The van der Waals surface area contributed by atoms with Crippen molar-refractivity contribution in [2.24, 2.45) is 0 Å². The van der Waals surface area contributed by atoms with Gasteiger partial charge in [-0.2, -0.15) is 0 Å². The number of carbonyl (C=O) groups excluding carboxylic acids is 3. The quantitative estimate of drug-likeness (QED) is 0.0729.